The number of esters is 1. The Labute approximate surface area is 173 Å². The molecule has 0 aromatic heterocycles. The van der Waals surface area contributed by atoms with Crippen molar-refractivity contribution in [3.05, 3.63) is 42.5 Å². The SMILES string of the molecule is COc1ccc(NC(=O)COC(=O)CCN2C(=O)COc3ccccc32)cc1OC. The minimum Gasteiger partial charge on any atom is -0.493 e. The molecule has 2 aromatic carbocycles. The Morgan fingerprint density at radius 3 is 2.63 bits per heavy atom. The maximum atomic E-state index is 12.1. The van der Waals surface area contributed by atoms with Crippen molar-refractivity contribution in [2.45, 2.75) is 6.42 Å². The second kappa shape index (κ2) is 9.64. The normalized spacial score (nSPS) is 12.5. The first-order valence-corrected chi connectivity index (χ1v) is 9.21. The summed E-state index contributed by atoms with van der Waals surface area (Å²) in [6.45, 7) is -0.393. The minimum atomic E-state index is -0.589. The molecular formula is C21H22N2O7. The number of nitrogens with zero attached hydrogens (tertiary/aromatic N) is 1. The van der Waals surface area contributed by atoms with Gasteiger partial charge in [-0.05, 0) is 24.3 Å². The van der Waals surface area contributed by atoms with Crippen molar-refractivity contribution in [3.63, 3.8) is 0 Å². The molecule has 0 bridgehead atoms. The van der Waals surface area contributed by atoms with Gasteiger partial charge in [-0.2, -0.15) is 0 Å². The van der Waals surface area contributed by atoms with Gasteiger partial charge in [-0.3, -0.25) is 14.4 Å². The van der Waals surface area contributed by atoms with Crippen LogP contribution < -0.4 is 24.4 Å². The third kappa shape index (κ3) is 4.99. The van der Waals surface area contributed by atoms with Crippen LogP contribution in [0.5, 0.6) is 17.2 Å². The fraction of sp³-hybridized carbons (Fsp3) is 0.286. The van der Waals surface area contributed by atoms with Crippen molar-refractivity contribution in [1.29, 1.82) is 0 Å². The summed E-state index contributed by atoms with van der Waals surface area (Å²) in [5.74, 6) is 0.244. The summed E-state index contributed by atoms with van der Waals surface area (Å²) in [6.07, 6.45) is -0.0519. The van der Waals surface area contributed by atoms with E-state index in [1.54, 1.807) is 42.5 Å². The number of para-hydroxylation sites is 2. The van der Waals surface area contributed by atoms with Gasteiger partial charge in [0.15, 0.2) is 24.7 Å². The molecule has 3 rings (SSSR count). The number of hydrogen-bond acceptors (Lipinski definition) is 7. The van der Waals surface area contributed by atoms with E-state index in [-0.39, 0.29) is 25.5 Å². The zero-order valence-electron chi connectivity index (χ0n) is 16.7. The summed E-state index contributed by atoms with van der Waals surface area (Å²) in [4.78, 5) is 37.7. The quantitative estimate of drug-likeness (QED) is 0.659. The minimum absolute atomic E-state index is 0.0519. The Morgan fingerprint density at radius 1 is 1.10 bits per heavy atom. The molecule has 2 aromatic rings. The number of carbonyl (C=O) groups is 3. The van der Waals surface area contributed by atoms with Crippen molar-refractivity contribution in [3.8, 4) is 17.2 Å². The van der Waals surface area contributed by atoms with Crippen molar-refractivity contribution < 1.29 is 33.3 Å². The van der Waals surface area contributed by atoms with E-state index in [1.807, 2.05) is 0 Å². The van der Waals surface area contributed by atoms with Gasteiger partial charge in [0, 0.05) is 18.3 Å². The van der Waals surface area contributed by atoms with E-state index in [4.69, 9.17) is 18.9 Å². The van der Waals surface area contributed by atoms with Crippen LogP contribution in [0.25, 0.3) is 0 Å². The topological polar surface area (TPSA) is 103 Å². The van der Waals surface area contributed by atoms with E-state index in [0.717, 1.165) is 0 Å². The van der Waals surface area contributed by atoms with Crippen LogP contribution in [-0.2, 0) is 19.1 Å². The van der Waals surface area contributed by atoms with Crippen LogP contribution in [0.15, 0.2) is 42.5 Å². The number of hydrogen-bond donors (Lipinski definition) is 1. The number of nitrogens with one attached hydrogen (secondary N) is 1. The van der Waals surface area contributed by atoms with Gasteiger partial charge >= 0.3 is 5.97 Å². The predicted octanol–water partition coefficient (Wildman–Crippen LogP) is 2.00. The maximum Gasteiger partial charge on any atom is 0.308 e. The van der Waals surface area contributed by atoms with Crippen LogP contribution in [0.3, 0.4) is 0 Å². The lowest BCUT2D eigenvalue weighted by Gasteiger charge is -2.28. The highest BCUT2D eigenvalue weighted by atomic mass is 16.5. The second-order valence-electron chi connectivity index (χ2n) is 6.33. The number of benzene rings is 2. The first-order chi connectivity index (χ1) is 14.5. The van der Waals surface area contributed by atoms with E-state index >= 15 is 0 Å². The highest BCUT2D eigenvalue weighted by Gasteiger charge is 2.25. The fourth-order valence-electron chi connectivity index (χ4n) is 2.93. The zero-order chi connectivity index (χ0) is 21.5. The Balaban J connectivity index is 1.48. The van der Waals surface area contributed by atoms with Crippen molar-refractivity contribution in [2.24, 2.45) is 0 Å². The zero-order valence-corrected chi connectivity index (χ0v) is 16.7. The second-order valence-corrected chi connectivity index (χ2v) is 6.33. The number of methoxy groups -OCH3 is 2. The average Bonchev–Trinajstić information content (AvgIpc) is 2.76. The molecular weight excluding hydrogens is 392 g/mol. The molecule has 0 atom stereocenters. The third-order valence-corrected chi connectivity index (χ3v) is 4.38. The standard InChI is InChI=1S/C21H22N2O7/c1-27-17-8-7-14(11-18(17)28-2)22-19(24)12-30-21(26)9-10-23-15-5-3-4-6-16(15)29-13-20(23)25/h3-8,11H,9-10,12-13H2,1-2H3,(H,22,24). The monoisotopic (exact) mass is 414 g/mol. The predicted molar refractivity (Wildman–Crippen MR) is 108 cm³/mol. The van der Waals surface area contributed by atoms with Gasteiger partial charge in [-0.25, -0.2) is 0 Å². The lowest BCUT2D eigenvalue weighted by molar-refractivity contribution is -0.147. The van der Waals surface area contributed by atoms with E-state index < -0.39 is 18.5 Å². The molecule has 1 aliphatic heterocycles. The Morgan fingerprint density at radius 2 is 1.87 bits per heavy atom. The number of ether oxygens (including phenoxy) is 4. The van der Waals surface area contributed by atoms with Gasteiger partial charge in [-0.15, -0.1) is 0 Å². The molecule has 0 aliphatic carbocycles. The molecule has 2 amide bonds. The number of fused-ring (bicyclic) bond motifs is 1. The van der Waals surface area contributed by atoms with Crippen molar-refractivity contribution in [2.75, 3.05) is 44.2 Å². The lowest BCUT2D eigenvalue weighted by Crippen LogP contribution is -2.40. The van der Waals surface area contributed by atoms with Gasteiger partial charge in [0.25, 0.3) is 11.8 Å². The van der Waals surface area contributed by atoms with Gasteiger partial charge in [-0.1, -0.05) is 12.1 Å². The fourth-order valence-corrected chi connectivity index (χ4v) is 2.93. The molecule has 30 heavy (non-hydrogen) atoms. The summed E-state index contributed by atoms with van der Waals surface area (Å²) in [6, 6.07) is 12.0. The molecule has 158 valence electrons. The van der Waals surface area contributed by atoms with Crippen LogP contribution in [0.4, 0.5) is 11.4 Å². The van der Waals surface area contributed by atoms with Crippen molar-refractivity contribution >= 4 is 29.2 Å². The van der Waals surface area contributed by atoms with Crippen LogP contribution in [0.1, 0.15) is 6.42 Å². The van der Waals surface area contributed by atoms with Crippen molar-refractivity contribution in [1.82, 2.24) is 0 Å². The molecule has 0 spiro atoms. The molecule has 1 aliphatic rings. The summed E-state index contributed by atoms with van der Waals surface area (Å²) in [5.41, 5.74) is 1.08. The molecule has 0 saturated heterocycles. The Hall–Kier alpha value is -3.75. The van der Waals surface area contributed by atoms with Gasteiger partial charge in [0.1, 0.15) is 5.75 Å². The molecule has 0 saturated carbocycles. The number of carbonyl (C=O) groups excluding carboxylic acids is 3. The summed E-state index contributed by atoms with van der Waals surface area (Å²) in [7, 11) is 3.00. The highest BCUT2D eigenvalue weighted by Crippen LogP contribution is 2.31. The first kappa shape index (κ1) is 21.0. The Kier molecular flexibility index (Phi) is 6.74. The smallest absolute Gasteiger partial charge is 0.308 e. The highest BCUT2D eigenvalue weighted by molar-refractivity contribution is 5.98. The van der Waals surface area contributed by atoms with E-state index in [9.17, 15) is 14.4 Å². The molecule has 0 fully saturated rings. The van der Waals surface area contributed by atoms with E-state index in [2.05, 4.69) is 5.32 Å². The maximum absolute atomic E-state index is 12.1. The average molecular weight is 414 g/mol. The summed E-state index contributed by atoms with van der Waals surface area (Å²) >= 11 is 0. The molecule has 1 heterocycles. The van der Waals surface area contributed by atoms with Crippen LogP contribution in [0, 0.1) is 0 Å². The largest absolute Gasteiger partial charge is 0.493 e. The summed E-state index contributed by atoms with van der Waals surface area (Å²) in [5, 5.41) is 2.62. The van der Waals surface area contributed by atoms with E-state index in [0.29, 0.717) is 28.6 Å². The lowest BCUT2D eigenvalue weighted by atomic mass is 10.2. The molecule has 0 radical (unpaired) electrons. The number of anilines is 2. The van der Waals surface area contributed by atoms with Gasteiger partial charge in [0.2, 0.25) is 0 Å². The van der Waals surface area contributed by atoms with Crippen LogP contribution in [-0.4, -0.2) is 51.8 Å². The molecule has 9 nitrogen and oxygen atoms in total. The molecule has 9 heteroatoms. The number of amides is 2. The summed E-state index contributed by atoms with van der Waals surface area (Å²) < 4.78 is 20.7. The third-order valence-electron chi connectivity index (χ3n) is 4.38. The number of rotatable bonds is 8. The Bertz CT molecular complexity index is 945. The van der Waals surface area contributed by atoms with Gasteiger partial charge < -0.3 is 29.2 Å². The van der Waals surface area contributed by atoms with Gasteiger partial charge in [0.05, 0.1) is 26.3 Å². The van der Waals surface area contributed by atoms with Crippen LogP contribution in [0.2, 0.25) is 0 Å². The molecule has 0 unspecified atom stereocenters. The molecule has 1 N–H and O–H groups in total. The van der Waals surface area contributed by atoms with E-state index in [1.165, 1.54) is 19.1 Å². The van der Waals surface area contributed by atoms with Crippen LogP contribution >= 0.6 is 0 Å². The first-order valence-electron chi connectivity index (χ1n) is 9.21.